The minimum atomic E-state index is 0.0951. The minimum Gasteiger partial charge on any atom is -0.395 e. The molecule has 0 saturated heterocycles. The van der Waals surface area contributed by atoms with Gasteiger partial charge in [-0.25, -0.2) is 0 Å². The van der Waals surface area contributed by atoms with E-state index in [0.717, 1.165) is 12.1 Å². The summed E-state index contributed by atoms with van der Waals surface area (Å²) in [7, 11) is 0. The highest BCUT2D eigenvalue weighted by Gasteiger charge is 2.10. The summed E-state index contributed by atoms with van der Waals surface area (Å²) in [5, 5.41) is 18.1. The van der Waals surface area contributed by atoms with Crippen LogP contribution in [-0.2, 0) is 0 Å². The molecule has 0 saturated carbocycles. The second kappa shape index (κ2) is 7.12. The first-order chi connectivity index (χ1) is 9.35. The van der Waals surface area contributed by atoms with Crippen molar-refractivity contribution in [2.75, 3.05) is 31.2 Å². The lowest BCUT2D eigenvalue weighted by Crippen LogP contribution is -2.29. The fourth-order valence-electron chi connectivity index (χ4n) is 2.37. The van der Waals surface area contributed by atoms with Crippen molar-refractivity contribution in [3.63, 3.8) is 0 Å². The molecule has 2 rings (SSSR count). The van der Waals surface area contributed by atoms with Crippen molar-refractivity contribution < 1.29 is 10.2 Å². The summed E-state index contributed by atoms with van der Waals surface area (Å²) >= 11 is 0. The van der Waals surface area contributed by atoms with Crippen molar-refractivity contribution in [2.24, 2.45) is 0 Å². The lowest BCUT2D eigenvalue weighted by Gasteiger charge is -2.23. The molecule has 19 heavy (non-hydrogen) atoms. The normalized spacial score (nSPS) is 17.7. The van der Waals surface area contributed by atoms with Crippen LogP contribution in [0.5, 0.6) is 0 Å². The number of hydrogen-bond acceptors (Lipinski definition) is 3. The highest BCUT2D eigenvalue weighted by molar-refractivity contribution is 5.48. The Kier molecular flexibility index (Phi) is 5.19. The summed E-state index contributed by atoms with van der Waals surface area (Å²) in [4.78, 5) is 1.99. The number of nitrogens with zero attached hydrogens (tertiary/aromatic N) is 1. The van der Waals surface area contributed by atoms with Crippen LogP contribution < -0.4 is 4.90 Å². The van der Waals surface area contributed by atoms with Crippen molar-refractivity contribution in [3.05, 3.63) is 54.1 Å². The fourth-order valence-corrected chi connectivity index (χ4v) is 2.37. The second-order valence-electron chi connectivity index (χ2n) is 4.68. The summed E-state index contributed by atoms with van der Waals surface area (Å²) in [6.45, 7) is 1.29. The zero-order valence-electron chi connectivity index (χ0n) is 11.1. The smallest absolute Gasteiger partial charge is 0.0606 e. The Balaban J connectivity index is 2.08. The average molecular weight is 259 g/mol. The molecule has 0 fully saturated rings. The van der Waals surface area contributed by atoms with Crippen molar-refractivity contribution in [2.45, 2.75) is 12.3 Å². The molecule has 3 nitrogen and oxygen atoms in total. The van der Waals surface area contributed by atoms with Gasteiger partial charge < -0.3 is 15.1 Å². The lowest BCUT2D eigenvalue weighted by molar-refractivity contribution is 0.281. The highest BCUT2D eigenvalue weighted by atomic mass is 16.3. The van der Waals surface area contributed by atoms with Crippen LogP contribution in [0.3, 0.4) is 0 Å². The summed E-state index contributed by atoms with van der Waals surface area (Å²) in [5.74, 6) is 0.461. The maximum absolute atomic E-state index is 9.04. The van der Waals surface area contributed by atoms with Crippen molar-refractivity contribution in [1.29, 1.82) is 0 Å². The first-order valence-corrected chi connectivity index (χ1v) is 6.75. The molecule has 0 aliphatic heterocycles. The van der Waals surface area contributed by atoms with E-state index in [0.29, 0.717) is 19.0 Å². The van der Waals surface area contributed by atoms with E-state index in [4.69, 9.17) is 10.2 Å². The van der Waals surface area contributed by atoms with Crippen LogP contribution >= 0.6 is 0 Å². The quantitative estimate of drug-likeness (QED) is 0.822. The van der Waals surface area contributed by atoms with Gasteiger partial charge in [-0.2, -0.15) is 0 Å². The van der Waals surface area contributed by atoms with E-state index in [1.807, 2.05) is 4.90 Å². The number of hydrogen-bond donors (Lipinski definition) is 2. The van der Waals surface area contributed by atoms with Crippen molar-refractivity contribution >= 4 is 5.69 Å². The number of anilines is 1. The van der Waals surface area contributed by atoms with Crippen LogP contribution in [0, 0.1) is 0 Å². The van der Waals surface area contributed by atoms with Gasteiger partial charge in [0, 0.05) is 24.7 Å². The Morgan fingerprint density at radius 2 is 1.68 bits per heavy atom. The number of allylic oxidation sites excluding steroid dienone is 4. The van der Waals surface area contributed by atoms with Crippen molar-refractivity contribution in [1.82, 2.24) is 0 Å². The number of aliphatic hydroxyl groups is 2. The van der Waals surface area contributed by atoms with Crippen LogP contribution in [0.1, 0.15) is 17.9 Å². The third-order valence-corrected chi connectivity index (χ3v) is 3.41. The molecular weight excluding hydrogens is 238 g/mol. The molecule has 2 N–H and O–H groups in total. The fraction of sp³-hybridized carbons (Fsp3) is 0.375. The van der Waals surface area contributed by atoms with Gasteiger partial charge in [0.1, 0.15) is 0 Å². The molecule has 0 heterocycles. The molecule has 0 amide bonds. The van der Waals surface area contributed by atoms with Gasteiger partial charge in [0.2, 0.25) is 0 Å². The second-order valence-corrected chi connectivity index (χ2v) is 4.68. The van der Waals surface area contributed by atoms with Gasteiger partial charge in [-0.3, -0.25) is 0 Å². The van der Waals surface area contributed by atoms with E-state index in [1.165, 1.54) is 5.56 Å². The van der Waals surface area contributed by atoms with Gasteiger partial charge in [-0.1, -0.05) is 36.4 Å². The zero-order chi connectivity index (χ0) is 13.5. The molecule has 0 radical (unpaired) electrons. The van der Waals surface area contributed by atoms with Crippen LogP contribution in [0.2, 0.25) is 0 Å². The standard InChI is InChI=1S/C16H21NO2/c18-12-10-17(11-13-19)16-8-6-15(7-9-16)14-4-2-1-3-5-14/h1-4,6-9,14,18-19H,5,10-13H2. The zero-order valence-corrected chi connectivity index (χ0v) is 11.1. The van der Waals surface area contributed by atoms with Gasteiger partial charge in [0.05, 0.1) is 13.2 Å². The van der Waals surface area contributed by atoms with Gasteiger partial charge in [0.15, 0.2) is 0 Å². The lowest BCUT2D eigenvalue weighted by atomic mass is 9.92. The Bertz CT molecular complexity index is 431. The van der Waals surface area contributed by atoms with Gasteiger partial charge >= 0.3 is 0 Å². The molecule has 1 aliphatic rings. The number of rotatable bonds is 6. The molecule has 0 bridgehead atoms. The molecule has 1 aliphatic carbocycles. The van der Waals surface area contributed by atoms with E-state index < -0.39 is 0 Å². The van der Waals surface area contributed by atoms with E-state index in [2.05, 4.69) is 48.6 Å². The minimum absolute atomic E-state index is 0.0951. The van der Waals surface area contributed by atoms with Crippen LogP contribution in [0.25, 0.3) is 0 Å². The topological polar surface area (TPSA) is 43.7 Å². The average Bonchev–Trinajstić information content (AvgIpc) is 2.48. The molecule has 1 unspecified atom stereocenters. The molecule has 1 atom stereocenters. The molecule has 0 aromatic heterocycles. The highest BCUT2D eigenvalue weighted by Crippen LogP contribution is 2.26. The summed E-state index contributed by atoms with van der Waals surface area (Å²) in [5.41, 5.74) is 2.35. The van der Waals surface area contributed by atoms with Gasteiger partial charge in [-0.15, -0.1) is 0 Å². The number of aliphatic hydroxyl groups excluding tert-OH is 2. The third kappa shape index (κ3) is 3.69. The monoisotopic (exact) mass is 259 g/mol. The van der Waals surface area contributed by atoms with Gasteiger partial charge in [-0.05, 0) is 24.1 Å². The molecular formula is C16H21NO2. The first kappa shape index (κ1) is 13.8. The maximum atomic E-state index is 9.04. The number of benzene rings is 1. The Morgan fingerprint density at radius 3 is 2.21 bits per heavy atom. The summed E-state index contributed by atoms with van der Waals surface area (Å²) < 4.78 is 0. The summed E-state index contributed by atoms with van der Waals surface area (Å²) in [6.07, 6.45) is 9.62. The van der Waals surface area contributed by atoms with Crippen LogP contribution in [0.4, 0.5) is 5.69 Å². The third-order valence-electron chi connectivity index (χ3n) is 3.41. The van der Waals surface area contributed by atoms with Crippen LogP contribution in [-0.4, -0.2) is 36.5 Å². The van der Waals surface area contributed by atoms with Crippen molar-refractivity contribution in [3.8, 4) is 0 Å². The molecule has 0 spiro atoms. The Hall–Kier alpha value is -1.58. The molecule has 1 aromatic carbocycles. The maximum Gasteiger partial charge on any atom is 0.0606 e. The molecule has 3 heteroatoms. The van der Waals surface area contributed by atoms with E-state index in [9.17, 15) is 0 Å². The molecule has 102 valence electrons. The van der Waals surface area contributed by atoms with Gasteiger partial charge in [0.25, 0.3) is 0 Å². The Labute approximate surface area is 114 Å². The first-order valence-electron chi connectivity index (χ1n) is 6.75. The predicted octanol–water partition coefficient (Wildman–Crippen LogP) is 2.08. The summed E-state index contributed by atoms with van der Waals surface area (Å²) in [6, 6.07) is 8.39. The molecule has 1 aromatic rings. The van der Waals surface area contributed by atoms with E-state index in [1.54, 1.807) is 0 Å². The SMILES string of the molecule is OCCN(CCO)c1ccc(C2C=CC=CC2)cc1. The van der Waals surface area contributed by atoms with E-state index in [-0.39, 0.29) is 13.2 Å². The largest absolute Gasteiger partial charge is 0.395 e. The predicted molar refractivity (Wildman–Crippen MR) is 78.5 cm³/mol. The Morgan fingerprint density at radius 1 is 1.00 bits per heavy atom. The van der Waals surface area contributed by atoms with E-state index >= 15 is 0 Å². The van der Waals surface area contributed by atoms with Crippen LogP contribution in [0.15, 0.2) is 48.6 Å².